The fraction of sp³-hybridized carbons (Fsp3) is 0.650. The summed E-state index contributed by atoms with van der Waals surface area (Å²) in [6.07, 6.45) is 2.90. The number of rotatable bonds is 4. The zero-order valence-corrected chi connectivity index (χ0v) is 18.5. The molecule has 1 aromatic carbocycles. The number of ether oxygens (including phenoxy) is 1. The first-order chi connectivity index (χ1) is 12.0. The smallest absolute Gasteiger partial charge is 0.194 e. The van der Waals surface area contributed by atoms with Crippen LogP contribution in [0, 0.1) is 13.8 Å². The van der Waals surface area contributed by atoms with E-state index in [9.17, 15) is 5.11 Å². The van der Waals surface area contributed by atoms with E-state index in [1.165, 1.54) is 16.7 Å². The van der Waals surface area contributed by atoms with Gasteiger partial charge in [0.05, 0.1) is 25.3 Å². The van der Waals surface area contributed by atoms with Crippen LogP contribution in [0.5, 0.6) is 0 Å². The van der Waals surface area contributed by atoms with Gasteiger partial charge >= 0.3 is 0 Å². The molecule has 0 aromatic heterocycles. The van der Waals surface area contributed by atoms with E-state index in [1.807, 2.05) is 0 Å². The van der Waals surface area contributed by atoms with Crippen LogP contribution in [0.15, 0.2) is 23.2 Å². The molecule has 6 heteroatoms. The summed E-state index contributed by atoms with van der Waals surface area (Å²) in [6.45, 7) is 9.95. The molecule has 1 saturated heterocycles. The molecule has 1 aromatic rings. The van der Waals surface area contributed by atoms with Gasteiger partial charge < -0.3 is 20.1 Å². The maximum absolute atomic E-state index is 10.3. The first kappa shape index (κ1) is 21.4. The summed E-state index contributed by atoms with van der Waals surface area (Å²) in [7, 11) is 0. The third-order valence-electron chi connectivity index (χ3n) is 5.28. The number of nitrogens with zero attached hydrogens (tertiary/aromatic N) is 2. The number of aryl methyl sites for hydroxylation is 2. The molecule has 1 saturated carbocycles. The molecule has 0 bridgehead atoms. The van der Waals surface area contributed by atoms with Crippen molar-refractivity contribution >= 4 is 29.9 Å². The summed E-state index contributed by atoms with van der Waals surface area (Å²) in [5.74, 6) is 0.890. The van der Waals surface area contributed by atoms with Gasteiger partial charge in [-0.1, -0.05) is 23.8 Å². The number of halogens is 1. The number of morpholine rings is 1. The third kappa shape index (κ3) is 5.10. The van der Waals surface area contributed by atoms with Gasteiger partial charge in [-0.05, 0) is 51.2 Å². The summed E-state index contributed by atoms with van der Waals surface area (Å²) in [6, 6.07) is 6.54. The number of guanidine groups is 1. The topological polar surface area (TPSA) is 57.1 Å². The van der Waals surface area contributed by atoms with Crippen molar-refractivity contribution in [2.45, 2.75) is 51.7 Å². The molecule has 1 aliphatic carbocycles. The standard InChI is InChI=1S/C20H31N3O2.HI/c1-4-21-19(22-14-20(24)8-5-9-20)23-10-11-25-18(13-23)17-7-6-15(2)12-16(17)3;/h6-7,12,18,24H,4-5,8-11,13-14H2,1-3H3,(H,21,22);1H. The quantitative estimate of drug-likeness (QED) is 0.401. The highest BCUT2D eigenvalue weighted by molar-refractivity contribution is 14.0. The molecular weight excluding hydrogens is 441 g/mol. The van der Waals surface area contributed by atoms with Crippen LogP contribution in [-0.2, 0) is 4.74 Å². The predicted molar refractivity (Wildman–Crippen MR) is 116 cm³/mol. The van der Waals surface area contributed by atoms with Crippen LogP contribution in [0.1, 0.15) is 49.0 Å². The molecule has 2 N–H and O–H groups in total. The molecule has 5 nitrogen and oxygen atoms in total. The summed E-state index contributed by atoms with van der Waals surface area (Å²) >= 11 is 0. The molecule has 3 rings (SSSR count). The van der Waals surface area contributed by atoms with Gasteiger partial charge in [0, 0.05) is 13.1 Å². The van der Waals surface area contributed by atoms with E-state index in [1.54, 1.807) is 0 Å². The lowest BCUT2D eigenvalue weighted by Gasteiger charge is -2.38. The summed E-state index contributed by atoms with van der Waals surface area (Å²) < 4.78 is 6.05. The zero-order valence-electron chi connectivity index (χ0n) is 16.1. The largest absolute Gasteiger partial charge is 0.388 e. The highest BCUT2D eigenvalue weighted by atomic mass is 127. The molecular formula is C20H32IN3O2. The van der Waals surface area contributed by atoms with Crippen LogP contribution in [0.2, 0.25) is 0 Å². The van der Waals surface area contributed by atoms with Crippen molar-refractivity contribution in [2.24, 2.45) is 4.99 Å². The lowest BCUT2D eigenvalue weighted by molar-refractivity contribution is -0.0249. The molecule has 26 heavy (non-hydrogen) atoms. The number of nitrogens with one attached hydrogen (secondary N) is 1. The second-order valence-electron chi connectivity index (χ2n) is 7.41. The maximum Gasteiger partial charge on any atom is 0.194 e. The molecule has 2 aliphatic rings. The van der Waals surface area contributed by atoms with Gasteiger partial charge in [-0.15, -0.1) is 24.0 Å². The number of aliphatic imine (C=N–C) groups is 1. The lowest BCUT2D eigenvalue weighted by atomic mass is 9.80. The second-order valence-corrected chi connectivity index (χ2v) is 7.41. The summed E-state index contributed by atoms with van der Waals surface area (Å²) in [5, 5.41) is 13.7. The predicted octanol–water partition coefficient (Wildman–Crippen LogP) is 3.18. The Morgan fingerprint density at radius 3 is 2.77 bits per heavy atom. The zero-order chi connectivity index (χ0) is 17.9. The Balaban J connectivity index is 0.00000243. The van der Waals surface area contributed by atoms with Crippen LogP contribution in [-0.4, -0.2) is 54.4 Å². The monoisotopic (exact) mass is 473 g/mol. The number of hydrogen-bond acceptors (Lipinski definition) is 3. The van der Waals surface area contributed by atoms with Gasteiger partial charge in [-0.3, -0.25) is 4.99 Å². The third-order valence-corrected chi connectivity index (χ3v) is 5.28. The Hall–Kier alpha value is -0.860. The molecule has 1 atom stereocenters. The SMILES string of the molecule is CCNC(=NCC1(O)CCC1)N1CCOC(c2ccc(C)cc2C)C1.I. The normalized spacial score (nSPS) is 22.4. The van der Waals surface area contributed by atoms with E-state index >= 15 is 0 Å². The lowest BCUT2D eigenvalue weighted by Crippen LogP contribution is -2.49. The van der Waals surface area contributed by atoms with E-state index in [0.717, 1.165) is 44.9 Å². The van der Waals surface area contributed by atoms with Gasteiger partial charge in [-0.25, -0.2) is 0 Å². The first-order valence-electron chi connectivity index (χ1n) is 9.45. The fourth-order valence-electron chi connectivity index (χ4n) is 3.61. The van der Waals surface area contributed by atoms with E-state index in [0.29, 0.717) is 13.2 Å². The van der Waals surface area contributed by atoms with E-state index in [2.05, 4.69) is 49.2 Å². The highest BCUT2D eigenvalue weighted by Gasteiger charge is 2.34. The van der Waals surface area contributed by atoms with Crippen molar-refractivity contribution in [3.8, 4) is 0 Å². The minimum absolute atomic E-state index is 0. The van der Waals surface area contributed by atoms with Gasteiger partial charge in [0.1, 0.15) is 6.10 Å². The Bertz CT molecular complexity index is 631. The minimum atomic E-state index is -0.583. The van der Waals surface area contributed by atoms with Crippen LogP contribution in [0.25, 0.3) is 0 Å². The summed E-state index contributed by atoms with van der Waals surface area (Å²) in [5.41, 5.74) is 3.22. The van der Waals surface area contributed by atoms with Crippen molar-refractivity contribution in [1.29, 1.82) is 0 Å². The number of aliphatic hydroxyl groups is 1. The van der Waals surface area contributed by atoms with E-state index in [-0.39, 0.29) is 30.1 Å². The molecule has 0 radical (unpaired) electrons. The molecule has 1 aliphatic heterocycles. The maximum atomic E-state index is 10.3. The average molecular weight is 473 g/mol. The molecule has 0 spiro atoms. The minimum Gasteiger partial charge on any atom is -0.388 e. The Labute approximate surface area is 174 Å². The van der Waals surface area contributed by atoms with Gasteiger partial charge in [0.15, 0.2) is 5.96 Å². The molecule has 1 heterocycles. The Morgan fingerprint density at radius 2 is 2.15 bits per heavy atom. The molecule has 2 fully saturated rings. The van der Waals surface area contributed by atoms with Crippen molar-refractivity contribution in [3.05, 3.63) is 34.9 Å². The highest BCUT2D eigenvalue weighted by Crippen LogP contribution is 2.32. The van der Waals surface area contributed by atoms with Crippen LogP contribution in [0.3, 0.4) is 0 Å². The molecule has 146 valence electrons. The van der Waals surface area contributed by atoms with E-state index in [4.69, 9.17) is 9.73 Å². The van der Waals surface area contributed by atoms with E-state index < -0.39 is 5.60 Å². The van der Waals surface area contributed by atoms with Gasteiger partial charge in [0.25, 0.3) is 0 Å². The first-order valence-corrected chi connectivity index (χ1v) is 9.45. The van der Waals surface area contributed by atoms with Crippen LogP contribution in [0.4, 0.5) is 0 Å². The van der Waals surface area contributed by atoms with Crippen LogP contribution >= 0.6 is 24.0 Å². The molecule has 0 amide bonds. The fourth-order valence-corrected chi connectivity index (χ4v) is 3.61. The summed E-state index contributed by atoms with van der Waals surface area (Å²) in [4.78, 5) is 6.98. The van der Waals surface area contributed by atoms with Crippen molar-refractivity contribution in [3.63, 3.8) is 0 Å². The number of benzene rings is 1. The van der Waals surface area contributed by atoms with Crippen molar-refractivity contribution in [1.82, 2.24) is 10.2 Å². The van der Waals surface area contributed by atoms with Crippen molar-refractivity contribution in [2.75, 3.05) is 32.8 Å². The van der Waals surface area contributed by atoms with Crippen molar-refractivity contribution < 1.29 is 9.84 Å². The van der Waals surface area contributed by atoms with Crippen LogP contribution < -0.4 is 5.32 Å². The second kappa shape index (κ2) is 9.37. The Kier molecular flexibility index (Phi) is 7.73. The average Bonchev–Trinajstić information content (AvgIpc) is 2.57. The molecule has 1 unspecified atom stereocenters. The Morgan fingerprint density at radius 1 is 1.38 bits per heavy atom. The van der Waals surface area contributed by atoms with Gasteiger partial charge in [0.2, 0.25) is 0 Å². The number of hydrogen-bond donors (Lipinski definition) is 2. The van der Waals surface area contributed by atoms with Gasteiger partial charge in [-0.2, -0.15) is 0 Å².